The highest BCUT2D eigenvalue weighted by molar-refractivity contribution is 6.01. The number of aromatic nitrogens is 3. The fourth-order valence-corrected chi connectivity index (χ4v) is 2.02. The Labute approximate surface area is 116 Å². The van der Waals surface area contributed by atoms with Crippen LogP contribution >= 0.6 is 0 Å². The van der Waals surface area contributed by atoms with Gasteiger partial charge in [0.15, 0.2) is 0 Å². The Balaban J connectivity index is 2.42. The lowest BCUT2D eigenvalue weighted by molar-refractivity contribution is -0.417. The molecule has 2 rings (SSSR count). The Morgan fingerprint density at radius 1 is 1.20 bits per heavy atom. The lowest BCUT2D eigenvalue weighted by Crippen LogP contribution is -2.36. The highest BCUT2D eigenvalue weighted by atomic mass is 16.4. The number of carbonyl (C=O) groups excluding carboxylic acids is 1. The van der Waals surface area contributed by atoms with E-state index in [0.717, 1.165) is 15.9 Å². The maximum absolute atomic E-state index is 12.0. The molecule has 1 aromatic rings. The lowest BCUT2D eigenvalue weighted by Gasteiger charge is -2.21. The number of H-pyrrole nitrogens is 1. The van der Waals surface area contributed by atoms with Crippen LogP contribution in [0.25, 0.3) is 0 Å². The summed E-state index contributed by atoms with van der Waals surface area (Å²) in [6, 6.07) is 0. The molecular weight excluding hydrogens is 258 g/mol. The largest absolute Gasteiger partial charge is 0.347 e. The molecule has 1 N–H and O–H groups in total. The van der Waals surface area contributed by atoms with Gasteiger partial charge >= 0.3 is 17.2 Å². The van der Waals surface area contributed by atoms with Crippen LogP contribution in [0.5, 0.6) is 0 Å². The van der Waals surface area contributed by atoms with E-state index < -0.39 is 11.2 Å². The summed E-state index contributed by atoms with van der Waals surface area (Å²) in [4.78, 5) is 23.5. The van der Waals surface area contributed by atoms with Gasteiger partial charge in [-0.25, -0.2) is 23.9 Å². The van der Waals surface area contributed by atoms with E-state index in [-0.39, 0.29) is 5.69 Å². The van der Waals surface area contributed by atoms with E-state index in [1.807, 2.05) is 44.2 Å². The van der Waals surface area contributed by atoms with Crippen LogP contribution in [-0.2, 0) is 17.0 Å². The summed E-state index contributed by atoms with van der Waals surface area (Å²) < 4.78 is 7.47. The van der Waals surface area contributed by atoms with Crippen molar-refractivity contribution in [3.8, 4) is 0 Å². The van der Waals surface area contributed by atoms with Crippen LogP contribution in [0, 0.1) is 0 Å². The molecule has 6 heteroatoms. The summed E-state index contributed by atoms with van der Waals surface area (Å²) in [5.74, 6) is 0.769. The van der Waals surface area contributed by atoms with Crippen molar-refractivity contribution in [2.24, 2.45) is 7.05 Å². The summed E-state index contributed by atoms with van der Waals surface area (Å²) >= 11 is 0. The minimum atomic E-state index is -0.647. The molecule has 106 valence electrons. The average molecular weight is 276 g/mol. The van der Waals surface area contributed by atoms with Crippen molar-refractivity contribution in [2.75, 3.05) is 7.11 Å². The van der Waals surface area contributed by atoms with Gasteiger partial charge in [-0.3, -0.25) is 4.42 Å². The molecule has 0 fully saturated rings. The van der Waals surface area contributed by atoms with Gasteiger partial charge in [0, 0.05) is 19.2 Å². The van der Waals surface area contributed by atoms with Crippen molar-refractivity contribution in [1.82, 2.24) is 14.3 Å². The minimum Gasteiger partial charge on any atom is -0.258 e. The van der Waals surface area contributed by atoms with Crippen LogP contribution in [0.1, 0.15) is 13.8 Å². The van der Waals surface area contributed by atoms with Crippen LogP contribution < -0.4 is 11.4 Å². The fraction of sp³-hybridized carbons (Fsp3) is 0.357. The molecule has 0 bridgehead atoms. The maximum atomic E-state index is 12.0. The van der Waals surface area contributed by atoms with E-state index in [0.29, 0.717) is 0 Å². The molecule has 1 aromatic heterocycles. The second-order valence-corrected chi connectivity index (χ2v) is 5.17. The molecule has 0 saturated carbocycles. The summed E-state index contributed by atoms with van der Waals surface area (Å²) in [7, 11) is 3.05. The number of nitrogens with one attached hydrogen (secondary N) is 1. The van der Waals surface area contributed by atoms with Crippen LogP contribution in [0.4, 0.5) is 0 Å². The predicted molar refractivity (Wildman–Crippen MR) is 76.9 cm³/mol. The van der Waals surface area contributed by atoms with Crippen molar-refractivity contribution >= 4 is 5.78 Å². The van der Waals surface area contributed by atoms with Crippen LogP contribution in [0.3, 0.4) is 0 Å². The maximum Gasteiger partial charge on any atom is 0.347 e. The number of aromatic amines is 1. The Kier molecular flexibility index (Phi) is 3.48. The number of hydrogen-bond donors (Lipinski definition) is 1. The molecule has 20 heavy (non-hydrogen) atoms. The smallest absolute Gasteiger partial charge is 0.258 e. The van der Waals surface area contributed by atoms with Crippen molar-refractivity contribution in [3.05, 3.63) is 56.9 Å². The van der Waals surface area contributed by atoms with Gasteiger partial charge in [-0.2, -0.15) is 0 Å². The molecule has 0 saturated heterocycles. The average Bonchev–Trinajstić information content (AvgIpc) is 2.68. The highest BCUT2D eigenvalue weighted by Gasteiger charge is 2.23. The van der Waals surface area contributed by atoms with Crippen LogP contribution in [0.2, 0.25) is 0 Å². The van der Waals surface area contributed by atoms with Crippen molar-refractivity contribution < 1.29 is 4.42 Å². The van der Waals surface area contributed by atoms with E-state index in [2.05, 4.69) is 5.10 Å². The Hall–Kier alpha value is -2.37. The first-order chi connectivity index (χ1) is 9.35. The zero-order valence-electron chi connectivity index (χ0n) is 12.0. The Morgan fingerprint density at radius 3 is 2.25 bits per heavy atom. The molecule has 1 aliphatic rings. The summed E-state index contributed by atoms with van der Waals surface area (Å²) in [6.07, 6.45) is 9.39. The third-order valence-electron chi connectivity index (χ3n) is 3.20. The molecule has 0 amide bonds. The molecule has 0 aromatic carbocycles. The van der Waals surface area contributed by atoms with E-state index >= 15 is 0 Å². The van der Waals surface area contributed by atoms with Gasteiger partial charge in [-0.1, -0.05) is 6.08 Å². The van der Waals surface area contributed by atoms with Crippen molar-refractivity contribution in [2.45, 2.75) is 19.4 Å². The van der Waals surface area contributed by atoms with Gasteiger partial charge in [0.25, 0.3) is 7.11 Å². The zero-order chi connectivity index (χ0) is 14.9. The fourth-order valence-electron chi connectivity index (χ4n) is 2.02. The van der Waals surface area contributed by atoms with E-state index in [1.54, 1.807) is 7.11 Å². The normalized spacial score (nSPS) is 14.8. The first-order valence-corrected chi connectivity index (χ1v) is 6.23. The van der Waals surface area contributed by atoms with Crippen molar-refractivity contribution in [3.63, 3.8) is 0 Å². The SMILES string of the molecule is C[O+]=C1C=CC(=CC(C)(C)n2[nH]c(=O)n(C)c2=O)C=C1. The summed E-state index contributed by atoms with van der Waals surface area (Å²) in [5.41, 5.74) is -0.505. The van der Waals surface area contributed by atoms with Gasteiger partial charge < -0.3 is 0 Å². The molecule has 0 unspecified atom stereocenters. The molecule has 0 spiro atoms. The van der Waals surface area contributed by atoms with Gasteiger partial charge in [0.05, 0.1) is 5.54 Å². The molecule has 0 atom stereocenters. The summed E-state index contributed by atoms with van der Waals surface area (Å²) in [6.45, 7) is 3.71. The quantitative estimate of drug-likeness (QED) is 0.794. The molecule has 1 heterocycles. The number of ketones is 1. The summed E-state index contributed by atoms with van der Waals surface area (Å²) in [5, 5.41) is 2.55. The van der Waals surface area contributed by atoms with Gasteiger partial charge in [-0.05, 0) is 31.6 Å². The third kappa shape index (κ3) is 2.49. The zero-order valence-corrected chi connectivity index (χ0v) is 12.0. The highest BCUT2D eigenvalue weighted by Crippen LogP contribution is 2.18. The molecule has 6 nitrogen and oxygen atoms in total. The standard InChI is InChI=1S/C14H17N3O3/c1-14(2,17-13(19)16(3)12(18)15-17)9-10-5-7-11(20-4)8-6-10/h5-9H,1-4H3/p+1. The van der Waals surface area contributed by atoms with Crippen LogP contribution in [0.15, 0.2) is 45.5 Å². The van der Waals surface area contributed by atoms with Crippen molar-refractivity contribution in [1.29, 1.82) is 0 Å². The molecular formula is C14H18N3O3+. The number of hydrogen-bond acceptors (Lipinski definition) is 2. The first-order valence-electron chi connectivity index (χ1n) is 6.23. The van der Waals surface area contributed by atoms with Gasteiger partial charge in [0.2, 0.25) is 0 Å². The second kappa shape index (κ2) is 4.96. The van der Waals surface area contributed by atoms with Gasteiger partial charge in [0.1, 0.15) is 0 Å². The number of rotatable bonds is 2. The molecule has 0 aliphatic heterocycles. The topological polar surface area (TPSA) is 71.1 Å². The monoisotopic (exact) mass is 276 g/mol. The third-order valence-corrected chi connectivity index (χ3v) is 3.20. The first kappa shape index (κ1) is 14.0. The number of nitrogens with zero attached hydrogens (tertiary/aromatic N) is 2. The minimum absolute atomic E-state index is 0.371. The van der Waals surface area contributed by atoms with E-state index in [9.17, 15) is 9.59 Å². The van der Waals surface area contributed by atoms with E-state index in [1.165, 1.54) is 11.7 Å². The Morgan fingerprint density at radius 2 is 1.80 bits per heavy atom. The molecule has 1 aliphatic carbocycles. The second-order valence-electron chi connectivity index (χ2n) is 5.17. The van der Waals surface area contributed by atoms with Crippen LogP contribution in [-0.4, -0.2) is 27.2 Å². The Bertz CT molecular complexity index is 733. The van der Waals surface area contributed by atoms with E-state index in [4.69, 9.17) is 4.42 Å². The number of allylic oxidation sites excluding steroid dienone is 6. The molecule has 0 radical (unpaired) electrons. The van der Waals surface area contributed by atoms with Gasteiger partial charge in [-0.15, -0.1) is 0 Å². The lowest BCUT2D eigenvalue weighted by atomic mass is 9.99. The predicted octanol–water partition coefficient (Wildman–Crippen LogP) is 0.397.